The van der Waals surface area contributed by atoms with Gasteiger partial charge in [0.2, 0.25) is 0 Å². The number of aryl methyl sites for hydroxylation is 1. The first kappa shape index (κ1) is 23.5. The number of fused-ring (bicyclic) bond motifs is 1. The molecule has 1 aliphatic heterocycles. The molecule has 6 nitrogen and oxygen atoms in total. The quantitative estimate of drug-likeness (QED) is 0.387. The number of rotatable bonds is 5. The van der Waals surface area contributed by atoms with Crippen LogP contribution in [0.3, 0.4) is 0 Å². The van der Waals surface area contributed by atoms with Crippen molar-refractivity contribution >= 4 is 38.2 Å². The van der Waals surface area contributed by atoms with Crippen LogP contribution in [-0.2, 0) is 10.0 Å². The summed E-state index contributed by atoms with van der Waals surface area (Å²) in [6, 6.07) is 12.6. The van der Waals surface area contributed by atoms with Crippen molar-refractivity contribution in [2.45, 2.75) is 18.2 Å². The van der Waals surface area contributed by atoms with Crippen LogP contribution < -0.4 is 10.1 Å². The Kier molecular flexibility index (Phi) is 6.13. The van der Waals surface area contributed by atoms with Crippen LogP contribution in [0.2, 0.25) is 5.02 Å². The van der Waals surface area contributed by atoms with Gasteiger partial charge in [0.15, 0.2) is 5.65 Å². The van der Waals surface area contributed by atoms with Gasteiger partial charge in [-0.2, -0.15) is 0 Å². The Morgan fingerprint density at radius 1 is 1.14 bits per heavy atom. The first-order valence-electron chi connectivity index (χ1n) is 11.1. The van der Waals surface area contributed by atoms with Gasteiger partial charge in [-0.15, -0.1) is 0 Å². The summed E-state index contributed by atoms with van der Waals surface area (Å²) in [7, 11) is -2.52. The molecular weight excluding hydrogens is 489 g/mol. The molecule has 0 atom stereocenters. The SMILES string of the molecule is COc1ccc(F)cc1-c1c(Cl)cnc2c1cc(C1=CCNCC1)n2S(=O)(=O)c1ccc(C)cc1. The summed E-state index contributed by atoms with van der Waals surface area (Å²) in [4.78, 5) is 4.60. The summed E-state index contributed by atoms with van der Waals surface area (Å²) in [5.74, 6) is -0.0487. The molecule has 3 heterocycles. The van der Waals surface area contributed by atoms with E-state index in [1.54, 1.807) is 30.3 Å². The Balaban J connectivity index is 1.87. The van der Waals surface area contributed by atoms with Crippen LogP contribution in [0.15, 0.2) is 65.7 Å². The molecule has 0 saturated heterocycles. The highest BCUT2D eigenvalue weighted by molar-refractivity contribution is 7.90. The number of nitrogens with one attached hydrogen (secondary N) is 1. The highest BCUT2D eigenvalue weighted by Gasteiger charge is 2.28. The number of halogens is 2. The summed E-state index contributed by atoms with van der Waals surface area (Å²) >= 11 is 6.59. The predicted molar refractivity (Wildman–Crippen MR) is 136 cm³/mol. The molecule has 0 amide bonds. The van der Waals surface area contributed by atoms with Crippen molar-refractivity contribution in [3.05, 3.63) is 82.9 Å². The lowest BCUT2D eigenvalue weighted by Crippen LogP contribution is -2.22. The summed E-state index contributed by atoms with van der Waals surface area (Å²) in [6.07, 6.45) is 4.01. The van der Waals surface area contributed by atoms with Gasteiger partial charge in [-0.1, -0.05) is 35.4 Å². The maximum atomic E-state index is 14.3. The molecule has 0 radical (unpaired) electrons. The Morgan fingerprint density at radius 2 is 1.91 bits per heavy atom. The minimum atomic E-state index is -4.01. The minimum absolute atomic E-state index is 0.151. The Hall–Kier alpha value is -3.20. The first-order chi connectivity index (χ1) is 16.8. The zero-order valence-corrected chi connectivity index (χ0v) is 20.8. The third-order valence-electron chi connectivity index (χ3n) is 6.12. The standard InChI is InChI=1S/C26H23ClFN3O3S/c1-16-3-6-19(7-4-16)35(32,33)31-23(17-9-11-29-12-10-17)14-21-25(22(27)15-30-26(21)31)20-13-18(28)5-8-24(20)34-2/h3-9,13-15,29H,10-12H2,1-2H3. The number of ether oxygens (including phenoxy) is 1. The van der Waals surface area contributed by atoms with Gasteiger partial charge in [-0.3, -0.25) is 0 Å². The fraction of sp³-hybridized carbons (Fsp3) is 0.192. The van der Waals surface area contributed by atoms with Crippen molar-refractivity contribution < 1.29 is 17.5 Å². The van der Waals surface area contributed by atoms with E-state index in [1.807, 2.05) is 13.0 Å². The molecular formula is C26H23ClFN3O3S. The molecule has 5 rings (SSSR count). The lowest BCUT2D eigenvalue weighted by Gasteiger charge is -2.17. The molecule has 0 saturated carbocycles. The van der Waals surface area contributed by atoms with Crippen LogP contribution in [-0.4, -0.2) is 37.6 Å². The summed E-state index contributed by atoms with van der Waals surface area (Å²) in [5, 5.41) is 4.01. The van der Waals surface area contributed by atoms with E-state index in [2.05, 4.69) is 10.3 Å². The number of methoxy groups -OCH3 is 1. The van der Waals surface area contributed by atoms with E-state index >= 15 is 0 Å². The number of hydrogen-bond acceptors (Lipinski definition) is 5. The molecule has 2 aromatic heterocycles. The molecule has 0 bridgehead atoms. The first-order valence-corrected chi connectivity index (χ1v) is 12.9. The molecule has 1 aliphatic rings. The maximum absolute atomic E-state index is 14.3. The van der Waals surface area contributed by atoms with Crippen molar-refractivity contribution in [3.63, 3.8) is 0 Å². The van der Waals surface area contributed by atoms with Gasteiger partial charge in [0.05, 0.1) is 22.7 Å². The van der Waals surface area contributed by atoms with Crippen LogP contribution in [0.1, 0.15) is 17.7 Å². The third-order valence-corrected chi connectivity index (χ3v) is 8.13. The smallest absolute Gasteiger partial charge is 0.269 e. The number of nitrogens with zero attached hydrogens (tertiary/aromatic N) is 2. The molecule has 0 aliphatic carbocycles. The highest BCUT2D eigenvalue weighted by Crippen LogP contribution is 2.42. The lowest BCUT2D eigenvalue weighted by atomic mass is 10.0. The predicted octanol–water partition coefficient (Wildman–Crippen LogP) is 5.43. The molecule has 180 valence electrons. The van der Waals surface area contributed by atoms with E-state index in [0.29, 0.717) is 40.9 Å². The Bertz CT molecular complexity index is 1580. The molecule has 0 fully saturated rings. The summed E-state index contributed by atoms with van der Waals surface area (Å²) in [6.45, 7) is 3.24. The Morgan fingerprint density at radius 3 is 2.60 bits per heavy atom. The van der Waals surface area contributed by atoms with Gasteiger partial charge in [0, 0.05) is 29.3 Å². The number of hydrogen-bond donors (Lipinski definition) is 1. The van der Waals surface area contributed by atoms with E-state index in [1.165, 1.54) is 35.5 Å². The minimum Gasteiger partial charge on any atom is -0.496 e. The molecule has 0 spiro atoms. The number of benzene rings is 2. The number of pyridine rings is 1. The van der Waals surface area contributed by atoms with E-state index in [-0.39, 0.29) is 15.6 Å². The third kappa shape index (κ3) is 4.11. The van der Waals surface area contributed by atoms with E-state index < -0.39 is 15.8 Å². The number of aromatic nitrogens is 2. The second kappa shape index (κ2) is 9.11. The molecule has 1 N–H and O–H groups in total. The van der Waals surface area contributed by atoms with E-state index in [0.717, 1.165) is 17.7 Å². The largest absolute Gasteiger partial charge is 0.496 e. The Labute approximate surface area is 208 Å². The highest BCUT2D eigenvalue weighted by atomic mass is 35.5. The molecule has 2 aromatic carbocycles. The zero-order valence-electron chi connectivity index (χ0n) is 19.2. The average Bonchev–Trinajstić information content (AvgIpc) is 3.25. The zero-order chi connectivity index (χ0) is 24.7. The van der Waals surface area contributed by atoms with Crippen molar-refractivity contribution in [3.8, 4) is 16.9 Å². The van der Waals surface area contributed by atoms with Gasteiger partial charge >= 0.3 is 0 Å². The van der Waals surface area contributed by atoms with Crippen LogP contribution in [0.25, 0.3) is 27.7 Å². The topological polar surface area (TPSA) is 73.2 Å². The van der Waals surface area contributed by atoms with Gasteiger partial charge in [0.25, 0.3) is 10.0 Å². The fourth-order valence-electron chi connectivity index (χ4n) is 4.39. The lowest BCUT2D eigenvalue weighted by molar-refractivity contribution is 0.415. The molecule has 0 unspecified atom stereocenters. The fourth-order valence-corrected chi connectivity index (χ4v) is 6.13. The normalized spacial score (nSPS) is 14.2. The van der Waals surface area contributed by atoms with Gasteiger partial charge in [-0.05, 0) is 61.9 Å². The van der Waals surface area contributed by atoms with Crippen LogP contribution in [0, 0.1) is 12.7 Å². The van der Waals surface area contributed by atoms with Crippen molar-refractivity contribution in [2.75, 3.05) is 20.2 Å². The van der Waals surface area contributed by atoms with E-state index in [9.17, 15) is 12.8 Å². The monoisotopic (exact) mass is 511 g/mol. The molecule has 35 heavy (non-hydrogen) atoms. The van der Waals surface area contributed by atoms with Gasteiger partial charge in [-0.25, -0.2) is 21.8 Å². The van der Waals surface area contributed by atoms with Gasteiger partial charge in [0.1, 0.15) is 11.6 Å². The average molecular weight is 512 g/mol. The summed E-state index contributed by atoms with van der Waals surface area (Å²) < 4.78 is 48.9. The van der Waals surface area contributed by atoms with Gasteiger partial charge < -0.3 is 10.1 Å². The van der Waals surface area contributed by atoms with Crippen LogP contribution >= 0.6 is 11.6 Å². The van der Waals surface area contributed by atoms with Crippen molar-refractivity contribution in [1.29, 1.82) is 0 Å². The second-order valence-electron chi connectivity index (χ2n) is 8.36. The second-order valence-corrected chi connectivity index (χ2v) is 10.6. The van der Waals surface area contributed by atoms with Crippen molar-refractivity contribution in [2.24, 2.45) is 0 Å². The van der Waals surface area contributed by atoms with Crippen molar-refractivity contribution in [1.82, 2.24) is 14.3 Å². The molecule has 4 aromatic rings. The van der Waals surface area contributed by atoms with Crippen LogP contribution in [0.5, 0.6) is 5.75 Å². The van der Waals surface area contributed by atoms with Crippen LogP contribution in [0.4, 0.5) is 4.39 Å². The molecule has 9 heteroatoms. The van der Waals surface area contributed by atoms with E-state index in [4.69, 9.17) is 16.3 Å². The summed E-state index contributed by atoms with van der Waals surface area (Å²) in [5.41, 5.74) is 3.43. The maximum Gasteiger partial charge on any atom is 0.269 e.